The normalized spacial score (nSPS) is 14.8. The smallest absolute Gasteiger partial charge is 0.358 e. The topological polar surface area (TPSA) is 85.8 Å². The number of aryl methyl sites for hydroxylation is 2. The molecule has 1 aliphatic carbocycles. The highest BCUT2D eigenvalue weighted by molar-refractivity contribution is 5.91. The van der Waals surface area contributed by atoms with Gasteiger partial charge in [0.2, 0.25) is 5.69 Å². The summed E-state index contributed by atoms with van der Waals surface area (Å²) < 4.78 is 3.43. The first kappa shape index (κ1) is 11.9. The molecule has 0 saturated heterocycles. The van der Waals surface area contributed by atoms with Gasteiger partial charge in [0, 0.05) is 26.0 Å². The van der Waals surface area contributed by atoms with Crippen LogP contribution in [0.1, 0.15) is 29.8 Å². The number of rotatable bonds is 5. The second kappa shape index (κ2) is 4.49. The Kier molecular flexibility index (Phi) is 2.81. The first-order valence-corrected chi connectivity index (χ1v) is 6.31. The fourth-order valence-electron chi connectivity index (χ4n) is 2.14. The predicted molar refractivity (Wildman–Crippen MR) is 66.5 cm³/mol. The van der Waals surface area contributed by atoms with Gasteiger partial charge in [-0.2, -0.15) is 0 Å². The van der Waals surface area contributed by atoms with E-state index in [2.05, 4.69) is 15.3 Å². The molecule has 2 aromatic heterocycles. The predicted octanol–water partition coefficient (Wildman–Crippen LogP) is 1.18. The van der Waals surface area contributed by atoms with Gasteiger partial charge >= 0.3 is 5.97 Å². The minimum absolute atomic E-state index is 0.0369. The molecule has 1 fully saturated rings. The zero-order chi connectivity index (χ0) is 13.4. The highest BCUT2D eigenvalue weighted by Crippen LogP contribution is 2.33. The largest absolute Gasteiger partial charge is 0.476 e. The average Bonchev–Trinajstić information content (AvgIpc) is 2.96. The van der Waals surface area contributed by atoms with Crippen molar-refractivity contribution in [3.63, 3.8) is 0 Å². The monoisotopic (exact) mass is 261 g/mol. The summed E-state index contributed by atoms with van der Waals surface area (Å²) in [6.45, 7) is 0.688. The number of aromatic carboxylic acids is 1. The molecule has 0 aromatic carbocycles. The van der Waals surface area contributed by atoms with Crippen molar-refractivity contribution in [2.75, 3.05) is 0 Å². The molecular formula is C12H15N5O2. The zero-order valence-corrected chi connectivity index (χ0v) is 10.7. The second-order valence-corrected chi connectivity index (χ2v) is 4.91. The standard InChI is InChI=1S/C12H15N5O2/c1-16-7-5-13-11(16)10-9(12(18)19)14-15-17(10)6-4-8-2-3-8/h5,7-8H,2-4,6H2,1H3,(H,18,19). The highest BCUT2D eigenvalue weighted by atomic mass is 16.4. The number of hydrogen-bond donors (Lipinski definition) is 1. The molecule has 0 atom stereocenters. The molecule has 1 saturated carbocycles. The Morgan fingerprint density at radius 1 is 1.53 bits per heavy atom. The van der Waals surface area contributed by atoms with E-state index < -0.39 is 5.97 Å². The maximum absolute atomic E-state index is 11.2. The molecule has 0 amide bonds. The van der Waals surface area contributed by atoms with Crippen molar-refractivity contribution in [2.45, 2.75) is 25.8 Å². The maximum atomic E-state index is 11.2. The lowest BCUT2D eigenvalue weighted by molar-refractivity contribution is 0.0691. The van der Waals surface area contributed by atoms with E-state index in [1.165, 1.54) is 12.8 Å². The van der Waals surface area contributed by atoms with Gasteiger partial charge in [-0.05, 0) is 12.3 Å². The lowest BCUT2D eigenvalue weighted by Gasteiger charge is -2.06. The lowest BCUT2D eigenvalue weighted by Crippen LogP contribution is -2.08. The number of carboxylic acids is 1. The summed E-state index contributed by atoms with van der Waals surface area (Å²) in [5.41, 5.74) is 0.450. The van der Waals surface area contributed by atoms with Crippen molar-refractivity contribution in [3.05, 3.63) is 18.1 Å². The second-order valence-electron chi connectivity index (χ2n) is 4.91. The van der Waals surface area contributed by atoms with Crippen LogP contribution in [0.4, 0.5) is 0 Å². The maximum Gasteiger partial charge on any atom is 0.358 e. The van der Waals surface area contributed by atoms with Crippen molar-refractivity contribution < 1.29 is 9.90 Å². The van der Waals surface area contributed by atoms with Crippen LogP contribution in [-0.2, 0) is 13.6 Å². The van der Waals surface area contributed by atoms with E-state index >= 15 is 0 Å². The number of hydrogen-bond acceptors (Lipinski definition) is 4. The summed E-state index contributed by atoms with van der Waals surface area (Å²) in [5, 5.41) is 16.9. The molecule has 19 heavy (non-hydrogen) atoms. The minimum atomic E-state index is -1.07. The fourth-order valence-corrected chi connectivity index (χ4v) is 2.14. The molecule has 1 N–H and O–H groups in total. The molecule has 0 aliphatic heterocycles. The first-order valence-electron chi connectivity index (χ1n) is 6.31. The van der Waals surface area contributed by atoms with Gasteiger partial charge in [-0.3, -0.25) is 0 Å². The van der Waals surface area contributed by atoms with Crippen molar-refractivity contribution >= 4 is 5.97 Å². The van der Waals surface area contributed by atoms with Crippen molar-refractivity contribution in [1.29, 1.82) is 0 Å². The van der Waals surface area contributed by atoms with Gasteiger partial charge in [-0.25, -0.2) is 14.5 Å². The van der Waals surface area contributed by atoms with E-state index in [4.69, 9.17) is 0 Å². The van der Waals surface area contributed by atoms with Gasteiger partial charge in [0.05, 0.1) is 0 Å². The van der Waals surface area contributed by atoms with Crippen LogP contribution in [0.15, 0.2) is 12.4 Å². The van der Waals surface area contributed by atoms with Gasteiger partial charge in [-0.1, -0.05) is 18.1 Å². The summed E-state index contributed by atoms with van der Waals surface area (Å²) >= 11 is 0. The van der Waals surface area contributed by atoms with Crippen LogP contribution in [0.3, 0.4) is 0 Å². The fraction of sp³-hybridized carbons (Fsp3) is 0.500. The lowest BCUT2D eigenvalue weighted by atomic mass is 10.2. The minimum Gasteiger partial charge on any atom is -0.476 e. The van der Waals surface area contributed by atoms with Crippen LogP contribution >= 0.6 is 0 Å². The average molecular weight is 261 g/mol. The van der Waals surface area contributed by atoms with Crippen LogP contribution < -0.4 is 0 Å². The molecule has 2 heterocycles. The first-order chi connectivity index (χ1) is 9.16. The Balaban J connectivity index is 1.99. The van der Waals surface area contributed by atoms with Gasteiger partial charge in [-0.15, -0.1) is 5.10 Å². The molecule has 3 rings (SSSR count). The van der Waals surface area contributed by atoms with E-state index in [-0.39, 0.29) is 5.69 Å². The van der Waals surface area contributed by atoms with Gasteiger partial charge in [0.1, 0.15) is 5.69 Å². The molecule has 2 aromatic rings. The van der Waals surface area contributed by atoms with Crippen LogP contribution in [0, 0.1) is 5.92 Å². The Morgan fingerprint density at radius 3 is 2.89 bits per heavy atom. The number of carbonyl (C=O) groups is 1. The van der Waals surface area contributed by atoms with Crippen molar-refractivity contribution in [2.24, 2.45) is 13.0 Å². The molecule has 0 unspecified atom stereocenters. The Morgan fingerprint density at radius 2 is 2.32 bits per heavy atom. The van der Waals surface area contributed by atoms with Gasteiger partial charge in [0.25, 0.3) is 0 Å². The molecule has 0 spiro atoms. The van der Waals surface area contributed by atoms with Crippen LogP contribution in [-0.4, -0.2) is 35.6 Å². The Labute approximate surface area is 109 Å². The molecular weight excluding hydrogens is 246 g/mol. The summed E-state index contributed by atoms with van der Waals surface area (Å²) in [4.78, 5) is 15.4. The van der Waals surface area contributed by atoms with E-state index in [9.17, 15) is 9.90 Å². The molecule has 1 aliphatic rings. The molecule has 0 radical (unpaired) electrons. The quantitative estimate of drug-likeness (QED) is 0.873. The number of imidazole rings is 1. The van der Waals surface area contributed by atoms with Gasteiger partial charge in [0.15, 0.2) is 5.82 Å². The zero-order valence-electron chi connectivity index (χ0n) is 10.7. The number of carboxylic acid groups (broad SMARTS) is 1. The Hall–Kier alpha value is -2.18. The third-order valence-electron chi connectivity index (χ3n) is 3.42. The summed E-state index contributed by atoms with van der Waals surface area (Å²) in [6.07, 6.45) is 6.95. The van der Waals surface area contributed by atoms with Crippen molar-refractivity contribution in [1.82, 2.24) is 24.5 Å². The van der Waals surface area contributed by atoms with Gasteiger partial charge < -0.3 is 9.67 Å². The summed E-state index contributed by atoms with van der Waals surface area (Å²) in [6, 6.07) is 0. The van der Waals surface area contributed by atoms with Crippen molar-refractivity contribution in [3.8, 4) is 11.5 Å². The summed E-state index contributed by atoms with van der Waals surface area (Å²) in [5.74, 6) is 0.264. The SMILES string of the molecule is Cn1ccnc1-c1c(C(=O)O)nnn1CCC1CC1. The Bertz CT molecular complexity index is 611. The molecule has 7 heteroatoms. The third kappa shape index (κ3) is 2.23. The number of nitrogens with zero attached hydrogens (tertiary/aromatic N) is 5. The van der Waals surface area contributed by atoms with E-state index in [0.29, 0.717) is 18.1 Å². The molecule has 100 valence electrons. The molecule has 7 nitrogen and oxygen atoms in total. The molecule has 0 bridgehead atoms. The number of aromatic nitrogens is 5. The van der Waals surface area contributed by atoms with E-state index in [1.54, 1.807) is 21.6 Å². The summed E-state index contributed by atoms with van der Waals surface area (Å²) in [7, 11) is 1.83. The van der Waals surface area contributed by atoms with Crippen LogP contribution in [0.5, 0.6) is 0 Å². The highest BCUT2D eigenvalue weighted by Gasteiger charge is 2.26. The van der Waals surface area contributed by atoms with E-state index in [1.807, 2.05) is 7.05 Å². The van der Waals surface area contributed by atoms with Crippen LogP contribution in [0.25, 0.3) is 11.5 Å². The van der Waals surface area contributed by atoms with Crippen LogP contribution in [0.2, 0.25) is 0 Å². The van der Waals surface area contributed by atoms with E-state index in [0.717, 1.165) is 12.3 Å². The third-order valence-corrected chi connectivity index (χ3v) is 3.42.